The summed E-state index contributed by atoms with van der Waals surface area (Å²) in [6.07, 6.45) is 3.23. The van der Waals surface area contributed by atoms with Crippen molar-refractivity contribution in [2.24, 2.45) is 17.3 Å². The zero-order valence-electron chi connectivity index (χ0n) is 42.3. The number of esters is 1. The van der Waals surface area contributed by atoms with Crippen LogP contribution in [0.25, 0.3) is 33.3 Å². The number of hydrazine groups is 1. The number of hydrogen-bond acceptors (Lipinski definition) is 11. The maximum absolute atomic E-state index is 14.7. The van der Waals surface area contributed by atoms with Crippen molar-refractivity contribution in [2.45, 2.75) is 91.6 Å². The summed E-state index contributed by atoms with van der Waals surface area (Å²) >= 11 is 0. The number of benzene rings is 2. The number of carbonyl (C=O) groups is 5. The molecule has 0 aliphatic carbocycles. The van der Waals surface area contributed by atoms with Crippen molar-refractivity contribution in [2.75, 3.05) is 61.0 Å². The van der Waals surface area contributed by atoms with Gasteiger partial charge in [-0.25, -0.2) is 5.43 Å². The highest BCUT2D eigenvalue weighted by molar-refractivity contribution is 7.59. The lowest BCUT2D eigenvalue weighted by molar-refractivity contribution is -0.155. The number of phenolic OH excluding ortho intramolecular Hbond substituents is 1. The Labute approximate surface area is 438 Å². The molecule has 3 aliphatic heterocycles. The number of carbonyl (C=O) groups excluding carboxylic acids is 5. The van der Waals surface area contributed by atoms with E-state index in [1.807, 2.05) is 51.0 Å². The van der Waals surface area contributed by atoms with Gasteiger partial charge in [-0.15, -0.1) is 0 Å². The van der Waals surface area contributed by atoms with Crippen molar-refractivity contribution in [3.8, 4) is 40.0 Å². The summed E-state index contributed by atoms with van der Waals surface area (Å²) in [6, 6.07) is 12.4. The van der Waals surface area contributed by atoms with Crippen LogP contribution in [-0.4, -0.2) is 143 Å². The molecule has 6 bridgehead atoms. The highest BCUT2D eigenvalue weighted by Crippen LogP contribution is 2.41. The maximum atomic E-state index is 14.7. The number of aromatic hydroxyl groups is 1. The number of likely N-dealkylation sites (tertiary alicyclic amines) is 1. The molecule has 0 radical (unpaired) electrons. The molecule has 5 heterocycles. The third kappa shape index (κ3) is 13.3. The van der Waals surface area contributed by atoms with Crippen LogP contribution >= 0.6 is 40.5 Å². The van der Waals surface area contributed by atoms with E-state index >= 15 is 0 Å². The number of pyridine rings is 1. The van der Waals surface area contributed by atoms with E-state index < -0.39 is 47.2 Å². The number of phenols is 1. The lowest BCUT2D eigenvalue weighted by Crippen LogP contribution is -2.63. The lowest BCUT2D eigenvalue weighted by atomic mass is 9.84. The standard InChI is InChI=1S/C52H66N8O8.3H2S/c1-10-59-44-18-17-34-26-39(44)40(47(59)38-14-11-19-53-43(38)30-67-9)27-52(4,5)31-68-51(66)41-15-12-21-60(55-41)50(65)42(24-33-22-35(34)25-37(61)23-33)54-48(63)46(32(2)3)57(8)49(64)36-28-58(29-36)45(62)16-13-20-56(6)7;;;/h11,14,17-19,22-23,25-26,32,36,41-42,46,55,61H,10,12,15,20-21,24,27-31H2,1-9H3,(H,54,63);3*1H2/t41-,42-,46-;;;/m0.../s1. The van der Waals surface area contributed by atoms with Crippen LogP contribution in [0.2, 0.25) is 0 Å². The first-order chi connectivity index (χ1) is 32.4. The quantitative estimate of drug-likeness (QED) is 0.148. The number of nitrogens with one attached hydrogen (secondary N) is 2. The normalized spacial score (nSPS) is 18.4. The second-order valence-electron chi connectivity index (χ2n) is 19.7. The molecule has 0 saturated carbocycles. The number of cyclic esters (lactones) is 1. The Hall–Kier alpha value is -5.23. The molecular formula is C52H72N8O8S3. The smallest absolute Gasteiger partial charge is 0.324 e. The highest BCUT2D eigenvalue weighted by atomic mass is 32.1. The number of amides is 4. The Morgan fingerprint density at radius 1 is 1.04 bits per heavy atom. The van der Waals surface area contributed by atoms with E-state index in [4.69, 9.17) is 14.5 Å². The van der Waals surface area contributed by atoms with Gasteiger partial charge in [0.1, 0.15) is 23.9 Å². The van der Waals surface area contributed by atoms with Gasteiger partial charge in [0, 0.05) is 74.8 Å². The number of ether oxygens (including phenoxy) is 2. The Balaban J connectivity index is 0.00000365. The largest absolute Gasteiger partial charge is 0.508 e. The summed E-state index contributed by atoms with van der Waals surface area (Å²) < 4.78 is 14.0. The second-order valence-corrected chi connectivity index (χ2v) is 19.7. The molecule has 3 atom stereocenters. The predicted molar refractivity (Wildman–Crippen MR) is 290 cm³/mol. The third-order valence-corrected chi connectivity index (χ3v) is 13.0. The number of aryl methyl sites for hydroxylation is 1. The first-order valence-electron chi connectivity index (χ1n) is 23.5. The number of nitrogens with zero attached hydrogens (tertiary/aromatic N) is 6. The first-order valence-corrected chi connectivity index (χ1v) is 23.5. The van der Waals surface area contributed by atoms with Crippen molar-refractivity contribution in [1.82, 2.24) is 40.0 Å². The fourth-order valence-corrected chi connectivity index (χ4v) is 9.68. The highest BCUT2D eigenvalue weighted by Gasteiger charge is 2.42. The zero-order valence-corrected chi connectivity index (χ0v) is 45.3. The molecule has 16 nitrogen and oxygen atoms in total. The van der Waals surface area contributed by atoms with E-state index in [2.05, 4.69) is 66.1 Å². The van der Waals surface area contributed by atoms with Crippen LogP contribution in [0.5, 0.6) is 5.75 Å². The van der Waals surface area contributed by atoms with Gasteiger partial charge in [0.05, 0.1) is 37.1 Å². The van der Waals surface area contributed by atoms with Crippen molar-refractivity contribution in [1.29, 1.82) is 0 Å². The van der Waals surface area contributed by atoms with Crippen LogP contribution in [-0.2, 0) is 59.4 Å². The van der Waals surface area contributed by atoms with E-state index in [1.54, 1.807) is 32.5 Å². The minimum Gasteiger partial charge on any atom is -0.508 e. The van der Waals surface area contributed by atoms with Crippen LogP contribution in [0.3, 0.4) is 0 Å². The van der Waals surface area contributed by atoms with Gasteiger partial charge in [-0.05, 0) is 111 Å². The molecule has 2 aromatic heterocycles. The third-order valence-electron chi connectivity index (χ3n) is 13.0. The maximum Gasteiger partial charge on any atom is 0.324 e. The molecule has 0 unspecified atom stereocenters. The number of hydrogen-bond donors (Lipinski definition) is 3. The first kappa shape index (κ1) is 58.3. The minimum atomic E-state index is -1.17. The van der Waals surface area contributed by atoms with Crippen molar-refractivity contribution >= 4 is 81.0 Å². The van der Waals surface area contributed by atoms with Crippen LogP contribution in [0.4, 0.5) is 0 Å². The molecule has 4 amide bonds. The SMILES string of the molecule is CCn1c(-c2cccnc2COC)c2c3cc(ccc31)-c1cc(O)cc(c1)C[C@H](NC(=O)[C@H](C(C)C)N(C)C(=O)C1CN(C(=O)C#CCN(C)C)C1)C(=O)N1CCC[C@H](N1)C(=O)OCC(C)(C)C2.S.S.S. The summed E-state index contributed by atoms with van der Waals surface area (Å²) in [5.74, 6) is 2.42. The van der Waals surface area contributed by atoms with E-state index in [0.717, 1.165) is 39.0 Å². The van der Waals surface area contributed by atoms with Gasteiger partial charge in [0.2, 0.25) is 11.8 Å². The molecule has 386 valence electrons. The van der Waals surface area contributed by atoms with Gasteiger partial charge in [-0.1, -0.05) is 45.7 Å². The molecule has 7 rings (SSSR count). The number of likely N-dealkylation sites (N-methyl/N-ethyl adjacent to an activating group) is 1. The number of methoxy groups -OCH3 is 1. The fraction of sp³-hybridized carbons (Fsp3) is 0.500. The van der Waals surface area contributed by atoms with E-state index in [9.17, 15) is 29.1 Å². The molecular weight excluding hydrogens is 961 g/mol. The summed E-state index contributed by atoms with van der Waals surface area (Å²) in [7, 11) is 6.94. The molecule has 4 aromatic rings. The summed E-state index contributed by atoms with van der Waals surface area (Å²) in [6.45, 7) is 12.1. The van der Waals surface area contributed by atoms with Gasteiger partial charge in [-0.2, -0.15) is 40.5 Å². The van der Waals surface area contributed by atoms with Crippen LogP contribution in [0.15, 0.2) is 54.7 Å². The number of rotatable bonds is 10. The Morgan fingerprint density at radius 2 is 1.77 bits per heavy atom. The average molecular weight is 1030 g/mol. The minimum absolute atomic E-state index is 0. The van der Waals surface area contributed by atoms with Gasteiger partial charge in [-0.3, -0.25) is 38.9 Å². The van der Waals surface area contributed by atoms with E-state index in [0.29, 0.717) is 50.1 Å². The zero-order chi connectivity index (χ0) is 49.0. The summed E-state index contributed by atoms with van der Waals surface area (Å²) in [4.78, 5) is 79.1. The monoisotopic (exact) mass is 1030 g/mol. The van der Waals surface area contributed by atoms with E-state index in [1.165, 1.54) is 14.8 Å². The van der Waals surface area contributed by atoms with E-state index in [-0.39, 0.29) is 96.6 Å². The number of aromatic nitrogens is 2. The topological polar surface area (TPSA) is 179 Å². The van der Waals surface area contributed by atoms with Crippen molar-refractivity contribution in [3.05, 3.63) is 71.5 Å². The van der Waals surface area contributed by atoms with Gasteiger partial charge in [0.25, 0.3) is 11.8 Å². The number of fused-ring (bicyclic) bond motifs is 6. The van der Waals surface area contributed by atoms with Crippen LogP contribution in [0.1, 0.15) is 64.3 Å². The van der Waals surface area contributed by atoms with Gasteiger partial charge >= 0.3 is 5.97 Å². The molecule has 3 N–H and O–H groups in total. The summed E-state index contributed by atoms with van der Waals surface area (Å²) in [5.41, 5.74) is 9.51. The van der Waals surface area contributed by atoms with Crippen LogP contribution in [0, 0.1) is 29.1 Å². The van der Waals surface area contributed by atoms with Gasteiger partial charge < -0.3 is 34.3 Å². The van der Waals surface area contributed by atoms with Gasteiger partial charge in [0.15, 0.2) is 0 Å². The molecule has 71 heavy (non-hydrogen) atoms. The second kappa shape index (κ2) is 24.9. The molecule has 19 heteroatoms. The fourth-order valence-electron chi connectivity index (χ4n) is 9.68. The summed E-state index contributed by atoms with van der Waals surface area (Å²) in [5, 5.41) is 16.7. The molecule has 2 fully saturated rings. The lowest BCUT2D eigenvalue weighted by Gasteiger charge is -2.41. The van der Waals surface area contributed by atoms with Crippen LogP contribution < -0.4 is 10.7 Å². The molecule has 0 spiro atoms. The Kier molecular flexibility index (Phi) is 20.5. The average Bonchev–Trinajstić information content (AvgIpc) is 3.58. The van der Waals surface area contributed by atoms with Crippen molar-refractivity contribution < 1.29 is 38.6 Å². The predicted octanol–water partition coefficient (Wildman–Crippen LogP) is 4.74. The molecule has 3 aliphatic rings. The van der Waals surface area contributed by atoms with Crippen molar-refractivity contribution in [3.63, 3.8) is 0 Å². The Morgan fingerprint density at radius 3 is 2.45 bits per heavy atom. The molecule has 2 saturated heterocycles. The molecule has 2 aromatic carbocycles. The Bertz CT molecular complexity index is 2640.